The van der Waals surface area contributed by atoms with Crippen molar-refractivity contribution < 1.29 is 0 Å². The number of nitrogens with one attached hydrogen (secondary N) is 1. The largest absolute Gasteiger partial charge is 0.351 e. The molecule has 5 rings (SSSR count). The fraction of sp³-hybridized carbons (Fsp3) is 0.316. The van der Waals surface area contributed by atoms with Crippen LogP contribution in [0.25, 0.3) is 27.8 Å². The molecule has 1 atom stereocenters. The Labute approximate surface area is 166 Å². The highest BCUT2D eigenvalue weighted by atomic mass is 32.1. The quantitative estimate of drug-likeness (QED) is 0.573. The lowest BCUT2D eigenvalue weighted by Gasteiger charge is -2.34. The number of pyridine rings is 1. The van der Waals surface area contributed by atoms with Gasteiger partial charge in [0.25, 0.3) is 0 Å². The first-order valence-electron chi connectivity index (χ1n) is 9.27. The van der Waals surface area contributed by atoms with Crippen LogP contribution in [0.5, 0.6) is 0 Å². The number of thiazole rings is 1. The number of aromatic nitrogens is 6. The zero-order valence-electron chi connectivity index (χ0n) is 15.7. The van der Waals surface area contributed by atoms with Gasteiger partial charge in [0.05, 0.1) is 0 Å². The molecule has 0 aromatic carbocycles. The molecule has 28 heavy (non-hydrogen) atoms. The van der Waals surface area contributed by atoms with Crippen LogP contribution >= 0.6 is 11.3 Å². The van der Waals surface area contributed by atoms with Crippen molar-refractivity contribution >= 4 is 28.3 Å². The molecule has 1 fully saturated rings. The second-order valence-electron chi connectivity index (χ2n) is 6.87. The highest BCUT2D eigenvalue weighted by Gasteiger charge is 2.23. The Morgan fingerprint density at radius 2 is 2.07 bits per heavy atom. The molecule has 142 valence electrons. The molecular formula is C19H20N8S. The Bertz CT molecular complexity index is 1120. The van der Waals surface area contributed by atoms with Crippen molar-refractivity contribution in [3.63, 3.8) is 0 Å². The van der Waals surface area contributed by atoms with Gasteiger partial charge in [-0.25, -0.2) is 24.9 Å². The van der Waals surface area contributed by atoms with Gasteiger partial charge in [-0.3, -0.25) is 4.57 Å². The summed E-state index contributed by atoms with van der Waals surface area (Å²) in [6.45, 7) is 7.10. The molecule has 1 aliphatic rings. The Morgan fingerprint density at radius 1 is 1.14 bits per heavy atom. The van der Waals surface area contributed by atoms with Gasteiger partial charge < -0.3 is 10.2 Å². The van der Waals surface area contributed by atoms with E-state index in [1.165, 1.54) is 0 Å². The van der Waals surface area contributed by atoms with Crippen molar-refractivity contribution in [1.29, 1.82) is 0 Å². The fourth-order valence-electron chi connectivity index (χ4n) is 3.52. The zero-order chi connectivity index (χ0) is 19.1. The van der Waals surface area contributed by atoms with Crippen LogP contribution in [0.15, 0.2) is 36.9 Å². The lowest BCUT2D eigenvalue weighted by Crippen LogP contribution is -2.50. The number of imidazole rings is 1. The third-order valence-corrected chi connectivity index (χ3v) is 5.80. The molecule has 1 N–H and O–H groups in total. The first-order valence-corrected chi connectivity index (χ1v) is 10.1. The van der Waals surface area contributed by atoms with E-state index in [9.17, 15) is 0 Å². The summed E-state index contributed by atoms with van der Waals surface area (Å²) in [5, 5.41) is 4.28. The Hall–Kier alpha value is -2.91. The minimum Gasteiger partial charge on any atom is -0.351 e. The maximum Gasteiger partial charge on any atom is 0.177 e. The second kappa shape index (κ2) is 6.92. The number of piperazine rings is 1. The summed E-state index contributed by atoms with van der Waals surface area (Å²) in [6.07, 6.45) is 5.14. The summed E-state index contributed by atoms with van der Waals surface area (Å²) in [7, 11) is 0. The van der Waals surface area contributed by atoms with Gasteiger partial charge >= 0.3 is 0 Å². The molecule has 0 saturated carbocycles. The van der Waals surface area contributed by atoms with Crippen LogP contribution in [-0.4, -0.2) is 55.2 Å². The molecule has 1 aliphatic heterocycles. The molecule has 0 radical (unpaired) electrons. The first kappa shape index (κ1) is 17.2. The van der Waals surface area contributed by atoms with E-state index in [-0.39, 0.29) is 0 Å². The summed E-state index contributed by atoms with van der Waals surface area (Å²) in [4.78, 5) is 26.3. The predicted molar refractivity (Wildman–Crippen MR) is 110 cm³/mol. The molecule has 0 unspecified atom stereocenters. The number of rotatable bonds is 3. The lowest BCUT2D eigenvalue weighted by molar-refractivity contribution is 0.497. The molecule has 0 bridgehead atoms. The molecule has 1 saturated heterocycles. The van der Waals surface area contributed by atoms with Gasteiger partial charge in [0.1, 0.15) is 23.5 Å². The number of hydrogen-bond acceptors (Lipinski definition) is 8. The average Bonchev–Trinajstić information content (AvgIpc) is 3.32. The summed E-state index contributed by atoms with van der Waals surface area (Å²) < 4.78 is 1.98. The Kier molecular flexibility index (Phi) is 4.25. The number of aryl methyl sites for hydroxylation is 1. The average molecular weight is 392 g/mol. The van der Waals surface area contributed by atoms with Crippen molar-refractivity contribution in [1.82, 2.24) is 34.8 Å². The van der Waals surface area contributed by atoms with E-state index >= 15 is 0 Å². The first-order chi connectivity index (χ1) is 13.7. The van der Waals surface area contributed by atoms with Gasteiger partial charge in [0, 0.05) is 42.9 Å². The number of nitrogens with zero attached hydrogens (tertiary/aromatic N) is 7. The molecule has 4 aromatic heterocycles. The third kappa shape index (κ3) is 2.92. The van der Waals surface area contributed by atoms with E-state index in [0.717, 1.165) is 58.1 Å². The van der Waals surface area contributed by atoms with E-state index in [0.29, 0.717) is 6.04 Å². The van der Waals surface area contributed by atoms with E-state index < -0.39 is 0 Å². The smallest absolute Gasteiger partial charge is 0.177 e. The molecule has 5 heterocycles. The molecule has 0 amide bonds. The minimum absolute atomic E-state index is 0.384. The summed E-state index contributed by atoms with van der Waals surface area (Å²) in [5.74, 6) is 2.45. The van der Waals surface area contributed by atoms with E-state index in [2.05, 4.69) is 38.2 Å². The molecule has 4 aromatic rings. The van der Waals surface area contributed by atoms with Gasteiger partial charge in [-0.05, 0) is 32.0 Å². The molecular weight excluding hydrogens is 372 g/mol. The van der Waals surface area contributed by atoms with E-state index in [1.54, 1.807) is 23.9 Å². The van der Waals surface area contributed by atoms with E-state index in [4.69, 9.17) is 9.97 Å². The lowest BCUT2D eigenvalue weighted by atomic mass is 10.2. The second-order valence-corrected chi connectivity index (χ2v) is 8.11. The van der Waals surface area contributed by atoms with Crippen molar-refractivity contribution in [3.05, 3.63) is 41.8 Å². The van der Waals surface area contributed by atoms with Crippen LogP contribution < -0.4 is 10.2 Å². The topological polar surface area (TPSA) is 84.7 Å². The molecule has 0 spiro atoms. The highest BCUT2D eigenvalue weighted by molar-refractivity contribution is 7.14. The standard InChI is InChI=1S/C19H20N8S/c1-12-9-20-7-8-26(12)16-4-3-14-17(25-16)27(15-5-6-21-11-23-15)18(24-14)19-22-10-13(2)28-19/h3-6,10-12,20H,7-9H2,1-2H3/t12-/m1/s1. The Balaban J connectivity index is 1.72. The fourth-order valence-corrected chi connectivity index (χ4v) is 4.27. The predicted octanol–water partition coefficient (Wildman–Crippen LogP) is 2.44. The molecule has 0 aliphatic carbocycles. The maximum absolute atomic E-state index is 4.99. The minimum atomic E-state index is 0.384. The van der Waals surface area contributed by atoms with Gasteiger partial charge in [-0.15, -0.1) is 11.3 Å². The van der Waals surface area contributed by atoms with Gasteiger partial charge in [0.15, 0.2) is 16.5 Å². The van der Waals surface area contributed by atoms with Crippen LogP contribution in [0.2, 0.25) is 0 Å². The van der Waals surface area contributed by atoms with Gasteiger partial charge in [0.2, 0.25) is 0 Å². The van der Waals surface area contributed by atoms with Crippen molar-refractivity contribution in [2.24, 2.45) is 0 Å². The van der Waals surface area contributed by atoms with Crippen LogP contribution in [0.1, 0.15) is 11.8 Å². The highest BCUT2D eigenvalue weighted by Crippen LogP contribution is 2.31. The monoisotopic (exact) mass is 392 g/mol. The molecule has 8 nitrogen and oxygen atoms in total. The van der Waals surface area contributed by atoms with Crippen molar-refractivity contribution in [3.8, 4) is 16.6 Å². The number of anilines is 1. The van der Waals surface area contributed by atoms with E-state index in [1.807, 2.05) is 29.8 Å². The van der Waals surface area contributed by atoms with Crippen LogP contribution in [0.4, 0.5) is 5.82 Å². The van der Waals surface area contributed by atoms with Gasteiger partial charge in [-0.1, -0.05) is 0 Å². The van der Waals surface area contributed by atoms with Crippen LogP contribution in [0.3, 0.4) is 0 Å². The maximum atomic E-state index is 4.99. The number of fused-ring (bicyclic) bond motifs is 1. The SMILES string of the molecule is Cc1cnc(-c2nc3ccc(N4CCNC[C@H]4C)nc3n2-c2ccncn2)s1. The summed E-state index contributed by atoms with van der Waals surface area (Å²) in [5.41, 5.74) is 1.61. The van der Waals surface area contributed by atoms with Crippen molar-refractivity contribution in [2.45, 2.75) is 19.9 Å². The number of hydrogen-bond donors (Lipinski definition) is 1. The zero-order valence-corrected chi connectivity index (χ0v) is 16.5. The molecule has 9 heteroatoms. The van der Waals surface area contributed by atoms with Crippen molar-refractivity contribution in [2.75, 3.05) is 24.5 Å². The summed E-state index contributed by atoms with van der Waals surface area (Å²) in [6, 6.07) is 6.34. The van der Waals surface area contributed by atoms with Crippen LogP contribution in [0, 0.1) is 6.92 Å². The summed E-state index contributed by atoms with van der Waals surface area (Å²) >= 11 is 1.61. The third-order valence-electron chi connectivity index (χ3n) is 4.89. The van der Waals surface area contributed by atoms with Gasteiger partial charge in [-0.2, -0.15) is 0 Å². The van der Waals surface area contributed by atoms with Crippen LogP contribution in [-0.2, 0) is 0 Å². The normalized spacial score (nSPS) is 17.4. The Morgan fingerprint density at radius 3 is 2.82 bits per heavy atom.